The fourth-order valence-corrected chi connectivity index (χ4v) is 5.25. The van der Waals surface area contributed by atoms with E-state index in [1.54, 1.807) is 12.7 Å². The molecule has 1 fully saturated rings. The lowest BCUT2D eigenvalue weighted by Crippen LogP contribution is -2.06. The first kappa shape index (κ1) is 15.8. The van der Waals surface area contributed by atoms with Gasteiger partial charge in [0.1, 0.15) is 5.75 Å². The number of nitrogens with zero attached hydrogens (tertiary/aromatic N) is 1. The molecule has 0 saturated carbocycles. The van der Waals surface area contributed by atoms with Crippen LogP contribution in [0, 0.1) is 6.92 Å². The van der Waals surface area contributed by atoms with Crippen LogP contribution < -0.4 is 4.74 Å². The Hall–Kier alpha value is -1.66. The quantitative estimate of drug-likeness (QED) is 0.699. The molecular weight excluding hydrogens is 313 g/mol. The van der Waals surface area contributed by atoms with Gasteiger partial charge < -0.3 is 4.74 Å². The summed E-state index contributed by atoms with van der Waals surface area (Å²) >= 11 is 0. The van der Waals surface area contributed by atoms with Crippen molar-refractivity contribution in [2.45, 2.75) is 32.6 Å². The molecule has 4 rings (SSSR count). The lowest BCUT2D eigenvalue weighted by atomic mass is 9.89. The summed E-state index contributed by atoms with van der Waals surface area (Å²) in [6.07, 6.45) is 9.12. The molecule has 0 spiro atoms. The first-order valence-electron chi connectivity index (χ1n) is 8.83. The third kappa shape index (κ3) is 2.78. The topological polar surface area (TPSA) is 22.1 Å². The number of aryl methyl sites for hydroxylation is 3. The van der Waals surface area contributed by atoms with Crippen molar-refractivity contribution in [1.29, 1.82) is 0 Å². The Morgan fingerprint density at radius 1 is 1.04 bits per heavy atom. The van der Waals surface area contributed by atoms with Gasteiger partial charge in [0.15, 0.2) is 0 Å². The fourth-order valence-electron chi connectivity index (χ4n) is 4.04. The van der Waals surface area contributed by atoms with Crippen LogP contribution >= 0.6 is 8.58 Å². The van der Waals surface area contributed by atoms with Crippen molar-refractivity contribution in [1.82, 2.24) is 4.98 Å². The molecule has 1 aliphatic heterocycles. The Morgan fingerprint density at radius 3 is 2.62 bits per heavy atom. The van der Waals surface area contributed by atoms with Crippen LogP contribution in [-0.4, -0.2) is 24.4 Å². The summed E-state index contributed by atoms with van der Waals surface area (Å²) < 4.78 is 5.82. The average Bonchev–Trinajstić information content (AvgIpc) is 2.79. The maximum Gasteiger partial charge on any atom is 0.127 e. The summed E-state index contributed by atoms with van der Waals surface area (Å²) in [5, 5.41) is 0. The fraction of sp³-hybridized carbons (Fsp3) is 0.381. The van der Waals surface area contributed by atoms with Gasteiger partial charge in [-0.1, -0.05) is 17.7 Å². The number of benzene rings is 1. The second-order valence-corrected chi connectivity index (χ2v) is 8.24. The van der Waals surface area contributed by atoms with Crippen molar-refractivity contribution in [3.63, 3.8) is 0 Å². The van der Waals surface area contributed by atoms with Crippen LogP contribution in [0.4, 0.5) is 0 Å². The van der Waals surface area contributed by atoms with Crippen LogP contribution in [0.2, 0.25) is 0 Å². The number of pyridine rings is 1. The predicted octanol–water partition coefficient (Wildman–Crippen LogP) is 4.77. The van der Waals surface area contributed by atoms with Gasteiger partial charge >= 0.3 is 0 Å². The summed E-state index contributed by atoms with van der Waals surface area (Å²) in [5.74, 6) is 1.01. The maximum absolute atomic E-state index is 5.82. The summed E-state index contributed by atoms with van der Waals surface area (Å²) in [6.45, 7) is 2.16. The molecule has 1 aromatic carbocycles. The van der Waals surface area contributed by atoms with Crippen LogP contribution in [0.15, 0.2) is 36.0 Å². The summed E-state index contributed by atoms with van der Waals surface area (Å²) in [5.41, 5.74) is 9.53. The van der Waals surface area contributed by atoms with Crippen LogP contribution in [0.1, 0.15) is 40.8 Å². The van der Waals surface area contributed by atoms with E-state index in [4.69, 9.17) is 9.72 Å². The van der Waals surface area contributed by atoms with Gasteiger partial charge in [-0.3, -0.25) is 4.98 Å². The van der Waals surface area contributed by atoms with Gasteiger partial charge in [-0.05, 0) is 73.8 Å². The molecule has 1 aliphatic carbocycles. The van der Waals surface area contributed by atoms with Gasteiger partial charge in [-0.25, -0.2) is 0 Å². The largest absolute Gasteiger partial charge is 0.496 e. The van der Waals surface area contributed by atoms with Crippen LogP contribution in [0.25, 0.3) is 5.57 Å². The van der Waals surface area contributed by atoms with Gasteiger partial charge in [0, 0.05) is 17.3 Å². The van der Waals surface area contributed by atoms with Crippen LogP contribution in [0.5, 0.6) is 5.75 Å². The smallest absolute Gasteiger partial charge is 0.127 e. The number of rotatable bonds is 1. The van der Waals surface area contributed by atoms with E-state index >= 15 is 0 Å². The zero-order valence-electron chi connectivity index (χ0n) is 14.5. The number of hydrogen-bond donors (Lipinski definition) is 0. The monoisotopic (exact) mass is 337 g/mol. The molecule has 3 heteroatoms. The van der Waals surface area contributed by atoms with Crippen molar-refractivity contribution in [2.75, 3.05) is 19.4 Å². The third-order valence-electron chi connectivity index (χ3n) is 5.15. The van der Waals surface area contributed by atoms with Gasteiger partial charge in [0.2, 0.25) is 0 Å². The van der Waals surface area contributed by atoms with Gasteiger partial charge in [0.05, 0.1) is 12.8 Å². The van der Waals surface area contributed by atoms with Crippen LogP contribution in [0.3, 0.4) is 0 Å². The summed E-state index contributed by atoms with van der Waals surface area (Å²) in [6, 6.07) is 8.84. The standard InChI is InChI=1S/C21H24NOP/c1-14-12-17-6-5-16-4-3-9-22-21(16)20(15-7-10-24-11-8-15)19(17)18(13-14)23-2/h3-4,9,12-13,24H,5-8,10-11H2,1-2H3. The first-order valence-corrected chi connectivity index (χ1v) is 10.2. The first-order chi connectivity index (χ1) is 11.8. The number of methoxy groups -OCH3 is 1. The lowest BCUT2D eigenvalue weighted by Gasteiger charge is -2.22. The van der Waals surface area contributed by atoms with Crippen molar-refractivity contribution in [3.8, 4) is 5.75 Å². The Morgan fingerprint density at radius 2 is 1.83 bits per heavy atom. The molecule has 1 saturated heterocycles. The number of allylic oxidation sites excluding steroid dienone is 1. The van der Waals surface area contributed by atoms with E-state index in [1.165, 1.54) is 58.7 Å². The Kier molecular flexibility index (Phi) is 4.41. The second kappa shape index (κ2) is 6.69. The molecule has 0 radical (unpaired) electrons. The minimum atomic E-state index is 1.01. The highest BCUT2D eigenvalue weighted by Crippen LogP contribution is 2.43. The van der Waals surface area contributed by atoms with E-state index in [0.29, 0.717) is 0 Å². The summed E-state index contributed by atoms with van der Waals surface area (Å²) in [7, 11) is 2.91. The zero-order valence-corrected chi connectivity index (χ0v) is 15.5. The van der Waals surface area contributed by atoms with Crippen LogP contribution in [-0.2, 0) is 12.8 Å². The highest BCUT2D eigenvalue weighted by atomic mass is 31.1. The minimum absolute atomic E-state index is 1.01. The van der Waals surface area contributed by atoms with E-state index in [0.717, 1.165) is 27.2 Å². The second-order valence-electron chi connectivity index (χ2n) is 6.74. The Balaban J connectivity index is 2.03. The van der Waals surface area contributed by atoms with Gasteiger partial charge in [-0.15, -0.1) is 8.58 Å². The number of hydrogen-bond acceptors (Lipinski definition) is 2. The molecule has 1 aromatic heterocycles. The molecule has 2 aromatic rings. The van der Waals surface area contributed by atoms with Gasteiger partial charge in [-0.2, -0.15) is 0 Å². The van der Waals surface area contributed by atoms with Crippen molar-refractivity contribution in [3.05, 3.63) is 64.0 Å². The predicted molar refractivity (Wildman–Crippen MR) is 103 cm³/mol. The van der Waals surface area contributed by atoms with E-state index in [2.05, 4.69) is 31.2 Å². The number of aromatic nitrogens is 1. The molecule has 0 bridgehead atoms. The Bertz CT molecular complexity index is 801. The van der Waals surface area contributed by atoms with E-state index < -0.39 is 0 Å². The maximum atomic E-state index is 5.82. The highest BCUT2D eigenvalue weighted by Gasteiger charge is 2.26. The van der Waals surface area contributed by atoms with E-state index in [-0.39, 0.29) is 0 Å². The van der Waals surface area contributed by atoms with Crippen molar-refractivity contribution in [2.24, 2.45) is 0 Å². The number of ether oxygens (including phenoxy) is 1. The average molecular weight is 337 g/mol. The SMILES string of the molecule is COc1cc(C)cc2c1C(=C1CCPCC1)c1ncccc1CC2. The molecule has 0 N–H and O–H groups in total. The highest BCUT2D eigenvalue weighted by molar-refractivity contribution is 7.38. The summed E-state index contributed by atoms with van der Waals surface area (Å²) in [4.78, 5) is 4.82. The molecule has 0 unspecified atom stereocenters. The third-order valence-corrected chi connectivity index (χ3v) is 6.36. The minimum Gasteiger partial charge on any atom is -0.496 e. The van der Waals surface area contributed by atoms with E-state index in [9.17, 15) is 0 Å². The molecule has 2 heterocycles. The molecule has 0 amide bonds. The van der Waals surface area contributed by atoms with Gasteiger partial charge in [0.25, 0.3) is 0 Å². The normalized spacial score (nSPS) is 18.1. The molecule has 2 aliphatic rings. The molecule has 24 heavy (non-hydrogen) atoms. The molecular formula is C21H24NOP. The number of fused-ring (bicyclic) bond motifs is 2. The Labute approximate surface area is 146 Å². The zero-order chi connectivity index (χ0) is 16.5. The molecule has 0 atom stereocenters. The van der Waals surface area contributed by atoms with Crippen molar-refractivity contribution < 1.29 is 4.74 Å². The lowest BCUT2D eigenvalue weighted by molar-refractivity contribution is 0.412. The van der Waals surface area contributed by atoms with Crippen molar-refractivity contribution >= 4 is 14.2 Å². The van der Waals surface area contributed by atoms with E-state index in [1.807, 2.05) is 6.20 Å². The molecule has 2 nitrogen and oxygen atoms in total. The molecule has 124 valence electrons.